The van der Waals surface area contributed by atoms with Crippen molar-refractivity contribution in [3.05, 3.63) is 35.4 Å². The van der Waals surface area contributed by atoms with Crippen molar-refractivity contribution in [2.24, 2.45) is 0 Å². The smallest absolute Gasteiger partial charge is 0.156 e. The lowest BCUT2D eigenvalue weighted by molar-refractivity contribution is 0.368. The molecule has 0 radical (unpaired) electrons. The Labute approximate surface area is 102 Å². The maximum Gasteiger partial charge on any atom is 0.156 e. The zero-order valence-corrected chi connectivity index (χ0v) is 10.7. The first-order valence-electron chi connectivity index (χ1n) is 5.79. The van der Waals surface area contributed by atoms with Crippen LogP contribution < -0.4 is 0 Å². The van der Waals surface area contributed by atoms with Gasteiger partial charge in [-0.25, -0.2) is 0 Å². The number of benzene rings is 1. The van der Waals surface area contributed by atoms with Crippen molar-refractivity contribution in [2.45, 2.75) is 26.3 Å². The van der Waals surface area contributed by atoms with E-state index in [1.165, 1.54) is 11.1 Å². The number of hydrogen-bond acceptors (Lipinski definition) is 2. The van der Waals surface area contributed by atoms with Gasteiger partial charge in [0.2, 0.25) is 0 Å². The molecule has 0 spiro atoms. The first kappa shape index (κ1) is 11.5. The molecule has 1 heterocycles. The van der Waals surface area contributed by atoms with E-state index in [0.717, 1.165) is 18.7 Å². The van der Waals surface area contributed by atoms with E-state index in [2.05, 4.69) is 43.0 Å². The second-order valence-electron chi connectivity index (χ2n) is 4.12. The van der Waals surface area contributed by atoms with Crippen LogP contribution in [0.3, 0.4) is 0 Å². The summed E-state index contributed by atoms with van der Waals surface area (Å²) in [4.78, 5) is 2.17. The molecular weight excluding hydrogens is 216 g/mol. The minimum absolute atomic E-state index is 0.327. The molecule has 1 aliphatic heterocycles. The van der Waals surface area contributed by atoms with Crippen molar-refractivity contribution in [2.75, 3.05) is 12.3 Å². The fourth-order valence-corrected chi connectivity index (χ4v) is 2.90. The molecule has 2 nitrogen and oxygen atoms in total. The van der Waals surface area contributed by atoms with Crippen LogP contribution in [0.5, 0.6) is 0 Å². The van der Waals surface area contributed by atoms with Gasteiger partial charge in [0, 0.05) is 12.3 Å². The van der Waals surface area contributed by atoms with Crippen LogP contribution in [0.15, 0.2) is 24.3 Å². The van der Waals surface area contributed by atoms with E-state index in [4.69, 9.17) is 5.41 Å². The van der Waals surface area contributed by atoms with Gasteiger partial charge in [0.1, 0.15) is 0 Å². The molecule has 1 N–H and O–H groups in total. The van der Waals surface area contributed by atoms with Gasteiger partial charge in [0.25, 0.3) is 0 Å². The molecule has 86 valence electrons. The predicted octanol–water partition coefficient (Wildman–Crippen LogP) is 3.29. The number of rotatable bonds is 3. The Balaban J connectivity index is 2.13. The van der Waals surface area contributed by atoms with E-state index in [1.54, 1.807) is 11.8 Å². The molecule has 1 unspecified atom stereocenters. The van der Waals surface area contributed by atoms with Gasteiger partial charge in [0.05, 0.1) is 6.04 Å². The normalized spacial score (nSPS) is 17.9. The Kier molecular flexibility index (Phi) is 3.54. The molecule has 0 saturated carbocycles. The minimum atomic E-state index is 0.327. The third-order valence-corrected chi connectivity index (χ3v) is 4.06. The second kappa shape index (κ2) is 4.91. The Bertz CT molecular complexity index is 372. The number of thioether (sulfide) groups is 1. The topological polar surface area (TPSA) is 27.1 Å². The van der Waals surface area contributed by atoms with Gasteiger partial charge >= 0.3 is 0 Å². The van der Waals surface area contributed by atoms with Gasteiger partial charge in [-0.2, -0.15) is 0 Å². The van der Waals surface area contributed by atoms with Gasteiger partial charge in [-0.15, -0.1) is 0 Å². The monoisotopic (exact) mass is 234 g/mol. The molecule has 0 bridgehead atoms. The van der Waals surface area contributed by atoms with Gasteiger partial charge in [0.15, 0.2) is 5.17 Å². The Morgan fingerprint density at radius 3 is 2.56 bits per heavy atom. The quantitative estimate of drug-likeness (QED) is 0.869. The highest BCUT2D eigenvalue weighted by atomic mass is 32.2. The van der Waals surface area contributed by atoms with Crippen LogP contribution in [0.4, 0.5) is 0 Å². The Morgan fingerprint density at radius 1 is 1.38 bits per heavy atom. The van der Waals surface area contributed by atoms with Gasteiger partial charge in [-0.1, -0.05) is 43.0 Å². The summed E-state index contributed by atoms with van der Waals surface area (Å²) in [5, 5.41) is 8.57. The summed E-state index contributed by atoms with van der Waals surface area (Å²) < 4.78 is 0. The van der Waals surface area contributed by atoms with Crippen LogP contribution in [0.25, 0.3) is 0 Å². The van der Waals surface area contributed by atoms with Crippen molar-refractivity contribution >= 4 is 16.9 Å². The molecule has 1 aliphatic rings. The van der Waals surface area contributed by atoms with E-state index in [1.807, 2.05) is 0 Å². The molecule has 0 amide bonds. The highest BCUT2D eigenvalue weighted by Gasteiger charge is 2.23. The van der Waals surface area contributed by atoms with E-state index < -0.39 is 0 Å². The molecule has 1 aromatic carbocycles. The molecule has 0 aliphatic carbocycles. The summed E-state index contributed by atoms with van der Waals surface area (Å²) in [6.45, 7) is 5.35. The Morgan fingerprint density at radius 2 is 2.06 bits per heavy atom. The SMILES string of the molecule is CCc1ccc(C(C)N2CCSC2=N)cc1. The summed E-state index contributed by atoms with van der Waals surface area (Å²) in [6, 6.07) is 9.10. The maximum atomic E-state index is 7.85. The average Bonchev–Trinajstić information content (AvgIpc) is 2.75. The summed E-state index contributed by atoms with van der Waals surface area (Å²) in [7, 11) is 0. The van der Waals surface area contributed by atoms with Gasteiger partial charge in [-0.05, 0) is 24.5 Å². The summed E-state index contributed by atoms with van der Waals surface area (Å²) in [6.07, 6.45) is 1.09. The van der Waals surface area contributed by atoms with Crippen molar-refractivity contribution in [1.82, 2.24) is 4.90 Å². The fraction of sp³-hybridized carbons (Fsp3) is 0.462. The summed E-state index contributed by atoms with van der Waals surface area (Å²) >= 11 is 1.65. The first-order valence-corrected chi connectivity index (χ1v) is 6.77. The number of aryl methyl sites for hydroxylation is 1. The average molecular weight is 234 g/mol. The van der Waals surface area contributed by atoms with Crippen molar-refractivity contribution < 1.29 is 0 Å². The van der Waals surface area contributed by atoms with E-state index in [-0.39, 0.29) is 0 Å². The molecule has 0 aromatic heterocycles. The van der Waals surface area contributed by atoms with Gasteiger partial charge in [-0.3, -0.25) is 5.41 Å². The van der Waals surface area contributed by atoms with Crippen LogP contribution in [0, 0.1) is 5.41 Å². The molecule has 2 rings (SSSR count). The molecule has 16 heavy (non-hydrogen) atoms. The van der Waals surface area contributed by atoms with Crippen LogP contribution in [0.2, 0.25) is 0 Å². The summed E-state index contributed by atoms with van der Waals surface area (Å²) in [5.41, 5.74) is 2.69. The number of hydrogen-bond donors (Lipinski definition) is 1. The lowest BCUT2D eigenvalue weighted by Crippen LogP contribution is -2.27. The van der Waals surface area contributed by atoms with Crippen molar-refractivity contribution in [3.8, 4) is 0 Å². The molecule has 1 atom stereocenters. The highest BCUT2D eigenvalue weighted by Crippen LogP contribution is 2.28. The molecule has 1 aromatic rings. The highest BCUT2D eigenvalue weighted by molar-refractivity contribution is 8.14. The van der Waals surface area contributed by atoms with E-state index >= 15 is 0 Å². The molecule has 1 saturated heterocycles. The summed E-state index contributed by atoms with van der Waals surface area (Å²) in [5.74, 6) is 1.05. The zero-order valence-electron chi connectivity index (χ0n) is 9.86. The van der Waals surface area contributed by atoms with Crippen molar-refractivity contribution in [3.63, 3.8) is 0 Å². The third-order valence-electron chi connectivity index (χ3n) is 3.17. The molecular formula is C13H18N2S. The lowest BCUT2D eigenvalue weighted by Gasteiger charge is -2.25. The standard InChI is InChI=1S/C13H18N2S/c1-3-11-4-6-12(7-5-11)10(2)15-8-9-16-13(15)14/h4-7,10,14H,3,8-9H2,1-2H3. The Hall–Kier alpha value is -0.960. The maximum absolute atomic E-state index is 7.85. The van der Waals surface area contributed by atoms with Crippen LogP contribution in [0.1, 0.15) is 31.0 Å². The van der Waals surface area contributed by atoms with Crippen LogP contribution in [-0.2, 0) is 6.42 Å². The van der Waals surface area contributed by atoms with E-state index in [9.17, 15) is 0 Å². The fourth-order valence-electron chi connectivity index (χ4n) is 2.01. The number of amidine groups is 1. The largest absolute Gasteiger partial charge is 0.344 e. The van der Waals surface area contributed by atoms with Crippen molar-refractivity contribution in [1.29, 1.82) is 5.41 Å². The molecule has 1 fully saturated rings. The first-order chi connectivity index (χ1) is 7.72. The van der Waals surface area contributed by atoms with Crippen LogP contribution >= 0.6 is 11.8 Å². The number of nitrogens with zero attached hydrogens (tertiary/aromatic N) is 1. The van der Waals surface area contributed by atoms with Gasteiger partial charge < -0.3 is 4.90 Å². The molecule has 3 heteroatoms. The zero-order chi connectivity index (χ0) is 11.5. The predicted molar refractivity (Wildman–Crippen MR) is 71.1 cm³/mol. The van der Waals surface area contributed by atoms with E-state index in [0.29, 0.717) is 11.2 Å². The minimum Gasteiger partial charge on any atom is -0.344 e. The number of nitrogens with one attached hydrogen (secondary N) is 1. The lowest BCUT2D eigenvalue weighted by atomic mass is 10.0. The third kappa shape index (κ3) is 2.24. The van der Waals surface area contributed by atoms with Crippen LogP contribution in [-0.4, -0.2) is 22.4 Å². The second-order valence-corrected chi connectivity index (χ2v) is 5.20.